The van der Waals surface area contributed by atoms with Crippen molar-refractivity contribution in [2.24, 2.45) is 11.3 Å². The van der Waals surface area contributed by atoms with Crippen molar-refractivity contribution in [2.75, 3.05) is 23.9 Å². The summed E-state index contributed by atoms with van der Waals surface area (Å²) < 4.78 is 20.4. The number of fused-ring (bicyclic) bond motifs is 1. The maximum absolute atomic E-state index is 15.1. The topological polar surface area (TPSA) is 74.4 Å². The van der Waals surface area contributed by atoms with Crippen LogP contribution in [0.15, 0.2) is 72.8 Å². The van der Waals surface area contributed by atoms with Crippen molar-refractivity contribution in [3.05, 3.63) is 95.4 Å². The molecule has 1 aliphatic heterocycles. The minimum atomic E-state index is -1.10. The number of thioether (sulfide) groups is 1. The second-order valence-electron chi connectivity index (χ2n) is 12.7. The van der Waals surface area contributed by atoms with E-state index in [1.807, 2.05) is 6.07 Å². The van der Waals surface area contributed by atoms with Crippen LogP contribution in [0.3, 0.4) is 0 Å². The first-order valence-electron chi connectivity index (χ1n) is 15.3. The molecule has 2 aliphatic rings. The lowest BCUT2D eigenvalue weighted by molar-refractivity contribution is -0.147. The molecule has 0 unspecified atom stereocenters. The largest absolute Gasteiger partial charge is 0.497 e. The highest BCUT2D eigenvalue weighted by Gasteiger charge is 2.60. The second-order valence-corrected chi connectivity index (χ2v) is 13.9. The number of aromatic nitrogens is 1. The monoisotopic (exact) mass is 613 g/mol. The summed E-state index contributed by atoms with van der Waals surface area (Å²) >= 11 is 1.78. The number of nitrogens with zero attached hydrogens (tertiary/aromatic N) is 1. The molecule has 230 valence electrons. The zero-order valence-electron chi connectivity index (χ0n) is 25.8. The second kappa shape index (κ2) is 12.0. The Kier molecular flexibility index (Phi) is 8.22. The van der Waals surface area contributed by atoms with E-state index in [1.54, 1.807) is 66.2 Å². The van der Waals surface area contributed by atoms with Crippen molar-refractivity contribution in [1.82, 2.24) is 9.88 Å². The minimum absolute atomic E-state index is 0.0378. The third kappa shape index (κ3) is 5.49. The van der Waals surface area contributed by atoms with E-state index in [4.69, 9.17) is 4.74 Å². The van der Waals surface area contributed by atoms with Crippen LogP contribution in [0.5, 0.6) is 5.75 Å². The fourth-order valence-corrected chi connectivity index (χ4v) is 8.39. The summed E-state index contributed by atoms with van der Waals surface area (Å²) in [5.41, 5.74) is 3.33. The molecule has 2 amide bonds. The van der Waals surface area contributed by atoms with E-state index < -0.39 is 5.54 Å². The Bertz CT molecular complexity index is 1680. The van der Waals surface area contributed by atoms with E-state index in [0.717, 1.165) is 22.7 Å². The molecule has 44 heavy (non-hydrogen) atoms. The van der Waals surface area contributed by atoms with Gasteiger partial charge in [-0.15, -0.1) is 0 Å². The summed E-state index contributed by atoms with van der Waals surface area (Å²) in [6, 6.07) is 22.0. The molecular formula is C36H40FN3O3S. The van der Waals surface area contributed by atoms with E-state index in [2.05, 4.69) is 49.3 Å². The van der Waals surface area contributed by atoms with Crippen LogP contribution in [0.2, 0.25) is 0 Å². The Balaban J connectivity index is 1.34. The molecule has 1 aliphatic carbocycles. The first-order chi connectivity index (χ1) is 21.2. The van der Waals surface area contributed by atoms with Gasteiger partial charge >= 0.3 is 0 Å². The van der Waals surface area contributed by atoms with Gasteiger partial charge in [0.15, 0.2) is 0 Å². The van der Waals surface area contributed by atoms with Gasteiger partial charge in [-0.25, -0.2) is 4.39 Å². The number of methoxy groups -OCH3 is 1. The average molecular weight is 614 g/mol. The molecule has 0 radical (unpaired) electrons. The first-order valence-corrected chi connectivity index (χ1v) is 16.5. The van der Waals surface area contributed by atoms with Crippen molar-refractivity contribution in [2.45, 2.75) is 58.0 Å². The van der Waals surface area contributed by atoms with Crippen molar-refractivity contribution in [1.29, 1.82) is 0 Å². The molecule has 0 spiro atoms. The van der Waals surface area contributed by atoms with Gasteiger partial charge < -0.3 is 19.9 Å². The quantitative estimate of drug-likeness (QED) is 0.203. The summed E-state index contributed by atoms with van der Waals surface area (Å²) in [7, 11) is 1.60. The van der Waals surface area contributed by atoms with Crippen LogP contribution in [0.4, 0.5) is 10.1 Å². The van der Waals surface area contributed by atoms with Gasteiger partial charge in [-0.05, 0) is 90.5 Å². The number of aromatic amines is 1. The molecule has 2 heterocycles. The number of para-hydroxylation sites is 1. The van der Waals surface area contributed by atoms with Gasteiger partial charge in [-0.3, -0.25) is 9.59 Å². The van der Waals surface area contributed by atoms with Crippen LogP contribution in [-0.4, -0.2) is 45.9 Å². The highest BCUT2D eigenvalue weighted by atomic mass is 32.2. The number of halogens is 1. The molecule has 1 aromatic heterocycles. The predicted molar refractivity (Wildman–Crippen MR) is 176 cm³/mol. The Morgan fingerprint density at radius 3 is 2.41 bits per heavy atom. The zero-order chi connectivity index (χ0) is 31.1. The maximum atomic E-state index is 15.1. The van der Waals surface area contributed by atoms with E-state index >= 15 is 4.39 Å². The summed E-state index contributed by atoms with van der Waals surface area (Å²) in [5.74, 6) is 1.75. The van der Waals surface area contributed by atoms with Crippen molar-refractivity contribution < 1.29 is 18.7 Å². The van der Waals surface area contributed by atoms with Gasteiger partial charge in [-0.2, -0.15) is 11.8 Å². The lowest BCUT2D eigenvalue weighted by Crippen LogP contribution is -2.60. The third-order valence-electron chi connectivity index (χ3n) is 9.89. The number of nitrogens with one attached hydrogen (secondary N) is 2. The fraction of sp³-hybridized carbons (Fsp3) is 0.389. The number of benzene rings is 3. The van der Waals surface area contributed by atoms with Crippen molar-refractivity contribution in [3.63, 3.8) is 0 Å². The zero-order valence-corrected chi connectivity index (χ0v) is 26.6. The van der Waals surface area contributed by atoms with E-state index in [-0.39, 0.29) is 47.8 Å². The number of ether oxygens (including phenoxy) is 1. The number of amides is 2. The molecule has 4 aromatic rings. The Morgan fingerprint density at radius 2 is 1.70 bits per heavy atom. The van der Waals surface area contributed by atoms with Gasteiger partial charge in [0.25, 0.3) is 0 Å². The predicted octanol–water partition coefficient (Wildman–Crippen LogP) is 7.69. The Hall–Kier alpha value is -3.78. The molecule has 0 bridgehead atoms. The van der Waals surface area contributed by atoms with Crippen LogP contribution < -0.4 is 10.1 Å². The van der Waals surface area contributed by atoms with Gasteiger partial charge in [0.2, 0.25) is 11.8 Å². The molecule has 2 fully saturated rings. The molecule has 3 aromatic carbocycles. The maximum Gasteiger partial charge on any atom is 0.250 e. The molecule has 6 rings (SSSR count). The Labute approximate surface area is 262 Å². The molecule has 2 N–H and O–H groups in total. The number of hydrogen-bond donors (Lipinski definition) is 2. The van der Waals surface area contributed by atoms with Gasteiger partial charge in [0.1, 0.15) is 17.1 Å². The summed E-state index contributed by atoms with van der Waals surface area (Å²) in [6.07, 6.45) is 1.29. The standard InChI is InChI=1S/C36H40FN3O3S/c1-23-32(27-10-6-8-12-30(27)38-23)33-28(35(33,2)3)21-31(41)40(22-24-9-5-7-11-29(24)37)36(17-19-44-20-18-36)34(42)39-25-13-15-26(43-4)16-14-25/h5-16,28,33,38H,17-22H2,1-4H3,(H,39,42)/t28-,33-/m0/s1. The van der Waals surface area contributed by atoms with Gasteiger partial charge in [0.05, 0.1) is 7.11 Å². The molecular weight excluding hydrogens is 573 g/mol. The summed E-state index contributed by atoms with van der Waals surface area (Å²) in [5, 5.41) is 4.28. The highest BCUT2D eigenvalue weighted by Crippen LogP contribution is 2.67. The Morgan fingerprint density at radius 1 is 1.02 bits per heavy atom. The van der Waals surface area contributed by atoms with E-state index in [1.165, 1.54) is 17.0 Å². The number of rotatable bonds is 9. The van der Waals surface area contributed by atoms with Crippen LogP contribution in [0.1, 0.15) is 55.8 Å². The number of aryl methyl sites for hydroxylation is 1. The average Bonchev–Trinajstić information content (AvgIpc) is 3.37. The minimum Gasteiger partial charge on any atom is -0.497 e. The molecule has 6 nitrogen and oxygen atoms in total. The number of anilines is 1. The van der Waals surface area contributed by atoms with E-state index in [9.17, 15) is 9.59 Å². The van der Waals surface area contributed by atoms with Crippen LogP contribution in [0.25, 0.3) is 10.9 Å². The third-order valence-corrected chi connectivity index (χ3v) is 10.9. The lowest BCUT2D eigenvalue weighted by atomic mass is 9.87. The van der Waals surface area contributed by atoms with Crippen molar-refractivity contribution in [3.8, 4) is 5.75 Å². The van der Waals surface area contributed by atoms with Crippen LogP contribution >= 0.6 is 11.8 Å². The number of H-pyrrole nitrogens is 1. The first kappa shape index (κ1) is 30.3. The number of hydrogen-bond acceptors (Lipinski definition) is 4. The summed E-state index contributed by atoms with van der Waals surface area (Å²) in [6.45, 7) is 6.59. The normalized spacial score (nSPS) is 20.2. The number of carbonyl (C=O) groups is 2. The van der Waals surface area contributed by atoms with Crippen LogP contribution in [-0.2, 0) is 16.1 Å². The van der Waals surface area contributed by atoms with Gasteiger partial charge in [-0.1, -0.05) is 50.2 Å². The SMILES string of the molecule is COc1ccc(NC(=O)C2(N(Cc3ccccc3F)C(=O)C[C@H]3[C@@H](c4c(C)[nH]c5ccccc45)C3(C)C)CCSCC2)cc1. The summed E-state index contributed by atoms with van der Waals surface area (Å²) in [4.78, 5) is 34.1. The lowest BCUT2D eigenvalue weighted by Gasteiger charge is -2.45. The van der Waals surface area contributed by atoms with Gasteiger partial charge in [0, 0.05) is 40.8 Å². The smallest absolute Gasteiger partial charge is 0.250 e. The van der Waals surface area contributed by atoms with Crippen molar-refractivity contribution >= 4 is 40.2 Å². The molecule has 8 heteroatoms. The highest BCUT2D eigenvalue weighted by molar-refractivity contribution is 7.99. The molecule has 2 atom stereocenters. The fourth-order valence-electron chi connectivity index (χ4n) is 7.22. The van der Waals surface area contributed by atoms with Crippen LogP contribution in [0, 0.1) is 24.1 Å². The van der Waals surface area contributed by atoms with E-state index in [0.29, 0.717) is 29.8 Å². The molecule has 1 saturated carbocycles. The molecule has 1 saturated heterocycles. The number of carbonyl (C=O) groups excluding carboxylic acids is 2.